The highest BCUT2D eigenvalue weighted by Crippen LogP contribution is 2.16. The molecule has 1 aliphatic heterocycles. The molecule has 122 valence electrons. The fourth-order valence-corrected chi connectivity index (χ4v) is 2.70. The largest absolute Gasteiger partial charge is 0.346 e. The highest BCUT2D eigenvalue weighted by molar-refractivity contribution is 5.85. The number of benzene rings is 1. The second kappa shape index (κ2) is 8.36. The summed E-state index contributed by atoms with van der Waals surface area (Å²) in [5.41, 5.74) is 1.93. The van der Waals surface area contributed by atoms with Crippen LogP contribution in [0.1, 0.15) is 38.1 Å². The molecule has 2 unspecified atom stereocenters. The second-order valence-electron chi connectivity index (χ2n) is 5.43. The number of aromatic amines is 1. The number of hydrogen-bond acceptors (Lipinski definition) is 3. The van der Waals surface area contributed by atoms with E-state index in [9.17, 15) is 4.79 Å². The maximum atomic E-state index is 12.0. The zero-order valence-electron chi connectivity index (χ0n) is 12.5. The van der Waals surface area contributed by atoms with Gasteiger partial charge in [-0.2, -0.15) is 0 Å². The average Bonchev–Trinajstić information content (AvgIpc) is 3.06. The minimum Gasteiger partial charge on any atom is -0.346 e. The smallest absolute Gasteiger partial charge is 0.222 e. The lowest BCUT2D eigenvalue weighted by atomic mass is 10.1. The molecule has 7 heteroatoms. The van der Waals surface area contributed by atoms with Gasteiger partial charge in [-0.1, -0.05) is 12.1 Å². The first kappa shape index (κ1) is 18.7. The number of para-hydroxylation sites is 2. The molecule has 0 aliphatic carbocycles. The number of fused-ring (bicyclic) bond motifs is 1. The van der Waals surface area contributed by atoms with E-state index in [4.69, 9.17) is 0 Å². The van der Waals surface area contributed by atoms with Gasteiger partial charge in [-0.05, 0) is 38.4 Å². The summed E-state index contributed by atoms with van der Waals surface area (Å²) in [6.07, 6.45) is 2.80. The van der Waals surface area contributed by atoms with Gasteiger partial charge in [-0.3, -0.25) is 4.79 Å². The lowest BCUT2D eigenvalue weighted by molar-refractivity contribution is -0.122. The van der Waals surface area contributed by atoms with E-state index in [-0.39, 0.29) is 36.8 Å². The van der Waals surface area contributed by atoms with Gasteiger partial charge in [0.1, 0.15) is 5.82 Å². The van der Waals surface area contributed by atoms with Crippen LogP contribution in [0.25, 0.3) is 11.0 Å². The molecule has 3 N–H and O–H groups in total. The van der Waals surface area contributed by atoms with Crippen LogP contribution < -0.4 is 10.6 Å². The van der Waals surface area contributed by atoms with Crippen molar-refractivity contribution in [2.45, 2.75) is 38.3 Å². The van der Waals surface area contributed by atoms with Crippen molar-refractivity contribution in [3.8, 4) is 0 Å². The third-order valence-electron chi connectivity index (χ3n) is 3.79. The molecule has 3 rings (SSSR count). The standard InChI is InChI=1S/C15H20N4O.2ClH/c1-10(17-14(20)9-11-5-4-8-16-11)15-18-12-6-2-3-7-13(12)19-15;;/h2-3,6-7,10-11,16H,4-5,8-9H2,1H3,(H,17,20)(H,18,19);2*1H. The molecule has 1 aromatic carbocycles. The fraction of sp³-hybridized carbons (Fsp3) is 0.467. The van der Waals surface area contributed by atoms with Crippen LogP contribution in [0.4, 0.5) is 0 Å². The van der Waals surface area contributed by atoms with Crippen molar-refractivity contribution in [3.05, 3.63) is 30.1 Å². The highest BCUT2D eigenvalue weighted by atomic mass is 35.5. The Hall–Kier alpha value is -1.30. The average molecular weight is 345 g/mol. The first-order chi connectivity index (χ1) is 9.72. The molecule has 1 saturated heterocycles. The third-order valence-corrected chi connectivity index (χ3v) is 3.79. The Morgan fingerprint density at radius 1 is 1.41 bits per heavy atom. The Bertz CT molecular complexity index is 577. The molecule has 2 aromatic rings. The van der Waals surface area contributed by atoms with E-state index in [1.807, 2.05) is 31.2 Å². The summed E-state index contributed by atoms with van der Waals surface area (Å²) in [5, 5.41) is 6.35. The van der Waals surface area contributed by atoms with Gasteiger partial charge in [0.2, 0.25) is 5.91 Å². The van der Waals surface area contributed by atoms with Crippen LogP contribution in [0, 0.1) is 0 Å². The summed E-state index contributed by atoms with van der Waals surface area (Å²) in [6.45, 7) is 2.98. The maximum absolute atomic E-state index is 12.0. The highest BCUT2D eigenvalue weighted by Gasteiger charge is 2.19. The Morgan fingerprint density at radius 2 is 2.18 bits per heavy atom. The van der Waals surface area contributed by atoms with Crippen LogP contribution in [0.2, 0.25) is 0 Å². The zero-order valence-corrected chi connectivity index (χ0v) is 14.1. The predicted molar refractivity (Wildman–Crippen MR) is 92.8 cm³/mol. The second-order valence-corrected chi connectivity index (χ2v) is 5.43. The van der Waals surface area contributed by atoms with Gasteiger partial charge in [0.15, 0.2) is 0 Å². The molecular weight excluding hydrogens is 323 g/mol. The van der Waals surface area contributed by atoms with Crippen LogP contribution in [0.3, 0.4) is 0 Å². The number of H-pyrrole nitrogens is 1. The monoisotopic (exact) mass is 344 g/mol. The number of carbonyl (C=O) groups is 1. The van der Waals surface area contributed by atoms with E-state index in [2.05, 4.69) is 20.6 Å². The molecule has 5 nitrogen and oxygen atoms in total. The SMILES string of the molecule is CC(NC(=O)CC1CCCN1)c1nc2ccccc2[nH]1.Cl.Cl. The minimum atomic E-state index is -0.101. The first-order valence-electron chi connectivity index (χ1n) is 7.20. The van der Waals surface area contributed by atoms with E-state index in [1.54, 1.807) is 0 Å². The number of amides is 1. The lowest BCUT2D eigenvalue weighted by Crippen LogP contribution is -2.33. The molecule has 2 heterocycles. The maximum Gasteiger partial charge on any atom is 0.222 e. The summed E-state index contributed by atoms with van der Waals surface area (Å²) in [5.74, 6) is 0.885. The molecule has 0 radical (unpaired) electrons. The van der Waals surface area contributed by atoms with E-state index >= 15 is 0 Å². The van der Waals surface area contributed by atoms with E-state index < -0.39 is 0 Å². The van der Waals surface area contributed by atoms with Crippen LogP contribution in [0.5, 0.6) is 0 Å². The summed E-state index contributed by atoms with van der Waals surface area (Å²) < 4.78 is 0. The van der Waals surface area contributed by atoms with Crippen LogP contribution in [-0.2, 0) is 4.79 Å². The van der Waals surface area contributed by atoms with Crippen LogP contribution in [0.15, 0.2) is 24.3 Å². The molecule has 1 amide bonds. The number of imidazole rings is 1. The number of nitrogens with zero attached hydrogens (tertiary/aromatic N) is 1. The Balaban J connectivity index is 0.00000121. The molecule has 1 aliphatic rings. The molecule has 0 spiro atoms. The number of halogens is 2. The first-order valence-corrected chi connectivity index (χ1v) is 7.20. The number of carbonyl (C=O) groups excluding carboxylic acids is 1. The quantitative estimate of drug-likeness (QED) is 0.798. The van der Waals surface area contributed by atoms with E-state index in [0.717, 1.165) is 36.2 Å². The van der Waals surface area contributed by atoms with Gasteiger partial charge >= 0.3 is 0 Å². The zero-order chi connectivity index (χ0) is 13.9. The van der Waals surface area contributed by atoms with Crippen molar-refractivity contribution in [1.29, 1.82) is 0 Å². The Morgan fingerprint density at radius 3 is 2.86 bits per heavy atom. The molecule has 1 aromatic heterocycles. The van der Waals surface area contributed by atoms with Gasteiger partial charge in [-0.15, -0.1) is 24.8 Å². The van der Waals surface area contributed by atoms with E-state index in [1.165, 1.54) is 0 Å². The predicted octanol–water partition coefficient (Wildman–Crippen LogP) is 2.73. The van der Waals surface area contributed by atoms with Crippen molar-refractivity contribution < 1.29 is 4.79 Å². The molecule has 2 atom stereocenters. The Labute approximate surface area is 142 Å². The molecule has 0 saturated carbocycles. The number of hydrogen-bond donors (Lipinski definition) is 3. The van der Waals surface area contributed by atoms with Crippen molar-refractivity contribution >= 4 is 41.8 Å². The van der Waals surface area contributed by atoms with Crippen molar-refractivity contribution in [2.75, 3.05) is 6.54 Å². The van der Waals surface area contributed by atoms with Crippen molar-refractivity contribution in [1.82, 2.24) is 20.6 Å². The molecule has 1 fully saturated rings. The van der Waals surface area contributed by atoms with Crippen molar-refractivity contribution in [2.24, 2.45) is 0 Å². The van der Waals surface area contributed by atoms with Gasteiger partial charge in [-0.25, -0.2) is 4.98 Å². The van der Waals surface area contributed by atoms with Gasteiger partial charge in [0.05, 0.1) is 17.1 Å². The normalized spacial score (nSPS) is 18.3. The number of rotatable bonds is 4. The summed E-state index contributed by atoms with van der Waals surface area (Å²) >= 11 is 0. The number of nitrogens with one attached hydrogen (secondary N) is 3. The Kier molecular flexibility index (Phi) is 7.13. The van der Waals surface area contributed by atoms with Crippen LogP contribution >= 0.6 is 24.8 Å². The van der Waals surface area contributed by atoms with Crippen LogP contribution in [-0.4, -0.2) is 28.5 Å². The summed E-state index contributed by atoms with van der Waals surface area (Å²) in [6, 6.07) is 8.12. The lowest BCUT2D eigenvalue weighted by Gasteiger charge is -2.14. The molecule has 0 bridgehead atoms. The van der Waals surface area contributed by atoms with Gasteiger partial charge in [0, 0.05) is 12.5 Å². The third kappa shape index (κ3) is 4.35. The molecule has 22 heavy (non-hydrogen) atoms. The fourth-order valence-electron chi connectivity index (χ4n) is 2.70. The molecular formula is C15H22Cl2N4O. The van der Waals surface area contributed by atoms with Gasteiger partial charge < -0.3 is 15.6 Å². The minimum absolute atomic E-state index is 0. The van der Waals surface area contributed by atoms with Crippen molar-refractivity contribution in [3.63, 3.8) is 0 Å². The summed E-state index contributed by atoms with van der Waals surface area (Å²) in [4.78, 5) is 19.8. The van der Waals surface area contributed by atoms with E-state index in [0.29, 0.717) is 12.5 Å². The topological polar surface area (TPSA) is 69.8 Å². The summed E-state index contributed by atoms with van der Waals surface area (Å²) in [7, 11) is 0. The number of aromatic nitrogens is 2. The van der Waals surface area contributed by atoms with Gasteiger partial charge in [0.25, 0.3) is 0 Å².